The Balaban J connectivity index is 2.23. The first kappa shape index (κ1) is 15.1. The average Bonchev–Trinajstić information content (AvgIpc) is 2.31. The Labute approximate surface area is 108 Å². The van der Waals surface area contributed by atoms with E-state index in [1.165, 1.54) is 12.1 Å². The van der Waals surface area contributed by atoms with E-state index in [-0.39, 0.29) is 11.9 Å². The standard InChI is InChI=1S/C14H23FN2O/c1-11(16)14(18)10-17(2)9-3-4-12-5-7-13(15)8-6-12/h5-8,11,14,18H,3-4,9-10,16H2,1-2H3/t11-,14+/m1/s1. The first-order valence-corrected chi connectivity index (χ1v) is 6.35. The summed E-state index contributed by atoms with van der Waals surface area (Å²) in [6, 6.07) is 6.39. The summed E-state index contributed by atoms with van der Waals surface area (Å²) in [5.74, 6) is -0.198. The average molecular weight is 254 g/mol. The molecule has 0 radical (unpaired) electrons. The van der Waals surface area contributed by atoms with Gasteiger partial charge in [-0.1, -0.05) is 12.1 Å². The number of likely N-dealkylation sites (N-methyl/N-ethyl adjacent to an activating group) is 1. The summed E-state index contributed by atoms with van der Waals surface area (Å²) in [6.45, 7) is 3.28. The van der Waals surface area contributed by atoms with Gasteiger partial charge in [-0.15, -0.1) is 0 Å². The van der Waals surface area contributed by atoms with E-state index in [0.29, 0.717) is 6.54 Å². The SMILES string of the molecule is C[C@@H](N)[C@@H](O)CN(C)CCCc1ccc(F)cc1. The summed E-state index contributed by atoms with van der Waals surface area (Å²) < 4.78 is 12.7. The number of benzene rings is 1. The lowest BCUT2D eigenvalue weighted by Gasteiger charge is -2.22. The molecule has 1 rings (SSSR count). The second kappa shape index (κ2) is 7.46. The molecule has 102 valence electrons. The van der Waals surface area contributed by atoms with Crippen molar-refractivity contribution in [2.24, 2.45) is 5.73 Å². The van der Waals surface area contributed by atoms with Gasteiger partial charge < -0.3 is 15.7 Å². The fourth-order valence-electron chi connectivity index (χ4n) is 1.78. The molecule has 0 amide bonds. The monoisotopic (exact) mass is 254 g/mol. The van der Waals surface area contributed by atoms with Gasteiger partial charge in [-0.05, 0) is 51.1 Å². The number of aliphatic hydroxyl groups is 1. The van der Waals surface area contributed by atoms with Crippen LogP contribution in [0, 0.1) is 5.82 Å². The number of rotatable bonds is 7. The van der Waals surface area contributed by atoms with Crippen LogP contribution < -0.4 is 5.73 Å². The van der Waals surface area contributed by atoms with Gasteiger partial charge in [0.15, 0.2) is 0 Å². The number of halogens is 1. The third-order valence-electron chi connectivity index (χ3n) is 3.02. The minimum Gasteiger partial charge on any atom is -0.390 e. The quantitative estimate of drug-likeness (QED) is 0.773. The van der Waals surface area contributed by atoms with E-state index in [4.69, 9.17) is 5.73 Å². The highest BCUT2D eigenvalue weighted by molar-refractivity contribution is 5.15. The molecular formula is C14H23FN2O. The first-order chi connectivity index (χ1) is 8.49. The van der Waals surface area contributed by atoms with Crippen LogP contribution in [0.5, 0.6) is 0 Å². The van der Waals surface area contributed by atoms with E-state index in [0.717, 1.165) is 24.9 Å². The lowest BCUT2D eigenvalue weighted by Crippen LogP contribution is -2.40. The van der Waals surface area contributed by atoms with Crippen LogP contribution >= 0.6 is 0 Å². The highest BCUT2D eigenvalue weighted by Gasteiger charge is 2.11. The summed E-state index contributed by atoms with van der Waals surface area (Å²) >= 11 is 0. The Kier molecular flexibility index (Phi) is 6.25. The van der Waals surface area contributed by atoms with Crippen molar-refractivity contribution in [3.63, 3.8) is 0 Å². The minimum atomic E-state index is -0.485. The molecule has 0 aliphatic rings. The van der Waals surface area contributed by atoms with E-state index in [1.807, 2.05) is 19.2 Å². The van der Waals surface area contributed by atoms with E-state index in [1.54, 1.807) is 6.92 Å². The topological polar surface area (TPSA) is 49.5 Å². The van der Waals surface area contributed by atoms with Crippen molar-refractivity contribution in [1.82, 2.24) is 4.90 Å². The fraction of sp³-hybridized carbons (Fsp3) is 0.571. The maximum Gasteiger partial charge on any atom is 0.123 e. The Morgan fingerprint density at radius 3 is 2.50 bits per heavy atom. The van der Waals surface area contributed by atoms with Crippen molar-refractivity contribution in [2.45, 2.75) is 31.9 Å². The van der Waals surface area contributed by atoms with E-state index < -0.39 is 6.10 Å². The molecule has 18 heavy (non-hydrogen) atoms. The van der Waals surface area contributed by atoms with Crippen LogP contribution in [0.1, 0.15) is 18.9 Å². The van der Waals surface area contributed by atoms with Crippen molar-refractivity contribution in [2.75, 3.05) is 20.1 Å². The van der Waals surface area contributed by atoms with Gasteiger partial charge in [0.25, 0.3) is 0 Å². The molecule has 1 aromatic rings. The third kappa shape index (κ3) is 5.58. The highest BCUT2D eigenvalue weighted by atomic mass is 19.1. The minimum absolute atomic E-state index is 0.198. The fourth-order valence-corrected chi connectivity index (χ4v) is 1.78. The Hall–Kier alpha value is -0.970. The second-order valence-corrected chi connectivity index (χ2v) is 4.92. The largest absolute Gasteiger partial charge is 0.390 e. The zero-order valence-corrected chi connectivity index (χ0v) is 11.1. The molecule has 0 bridgehead atoms. The highest BCUT2D eigenvalue weighted by Crippen LogP contribution is 2.06. The summed E-state index contributed by atoms with van der Waals surface area (Å²) in [5, 5.41) is 9.64. The predicted octanol–water partition coefficient (Wildman–Crippen LogP) is 1.40. The number of hydrogen-bond donors (Lipinski definition) is 2. The van der Waals surface area contributed by atoms with Crippen LogP contribution in [0.25, 0.3) is 0 Å². The van der Waals surface area contributed by atoms with Crippen LogP contribution in [0.3, 0.4) is 0 Å². The Morgan fingerprint density at radius 1 is 1.33 bits per heavy atom. The Morgan fingerprint density at radius 2 is 1.94 bits per heavy atom. The Bertz CT molecular complexity index is 340. The first-order valence-electron chi connectivity index (χ1n) is 6.35. The molecule has 0 aromatic heterocycles. The molecule has 0 heterocycles. The maximum absolute atomic E-state index is 12.7. The molecule has 0 aliphatic carbocycles. The smallest absolute Gasteiger partial charge is 0.123 e. The molecule has 0 saturated carbocycles. The van der Waals surface area contributed by atoms with Crippen molar-refractivity contribution >= 4 is 0 Å². The van der Waals surface area contributed by atoms with Crippen molar-refractivity contribution < 1.29 is 9.50 Å². The molecule has 4 heteroatoms. The normalized spacial score (nSPS) is 14.8. The van der Waals surface area contributed by atoms with Crippen LogP contribution in [0.15, 0.2) is 24.3 Å². The lowest BCUT2D eigenvalue weighted by molar-refractivity contribution is 0.107. The summed E-state index contributed by atoms with van der Waals surface area (Å²) in [4.78, 5) is 2.07. The summed E-state index contributed by atoms with van der Waals surface area (Å²) in [6.07, 6.45) is 1.41. The predicted molar refractivity (Wildman–Crippen MR) is 71.9 cm³/mol. The summed E-state index contributed by atoms with van der Waals surface area (Å²) in [7, 11) is 1.97. The lowest BCUT2D eigenvalue weighted by atomic mass is 10.1. The molecular weight excluding hydrogens is 231 g/mol. The molecule has 0 fully saturated rings. The van der Waals surface area contributed by atoms with Gasteiger partial charge in [-0.2, -0.15) is 0 Å². The molecule has 3 N–H and O–H groups in total. The van der Waals surface area contributed by atoms with E-state index in [2.05, 4.69) is 4.90 Å². The second-order valence-electron chi connectivity index (χ2n) is 4.92. The number of aliphatic hydroxyl groups excluding tert-OH is 1. The van der Waals surface area contributed by atoms with Gasteiger partial charge in [0.05, 0.1) is 6.10 Å². The van der Waals surface area contributed by atoms with Gasteiger partial charge in [0.2, 0.25) is 0 Å². The van der Waals surface area contributed by atoms with Gasteiger partial charge in [-0.3, -0.25) is 0 Å². The van der Waals surface area contributed by atoms with Crippen molar-refractivity contribution in [3.05, 3.63) is 35.6 Å². The molecule has 2 atom stereocenters. The third-order valence-corrected chi connectivity index (χ3v) is 3.02. The van der Waals surface area contributed by atoms with Gasteiger partial charge in [0, 0.05) is 12.6 Å². The van der Waals surface area contributed by atoms with Gasteiger partial charge >= 0.3 is 0 Å². The number of hydrogen-bond acceptors (Lipinski definition) is 3. The van der Waals surface area contributed by atoms with Crippen LogP contribution in [0.4, 0.5) is 4.39 Å². The van der Waals surface area contributed by atoms with Crippen LogP contribution in [-0.2, 0) is 6.42 Å². The van der Waals surface area contributed by atoms with Crippen LogP contribution in [0.2, 0.25) is 0 Å². The zero-order valence-electron chi connectivity index (χ0n) is 11.1. The van der Waals surface area contributed by atoms with Crippen molar-refractivity contribution in [1.29, 1.82) is 0 Å². The molecule has 0 unspecified atom stereocenters. The number of nitrogens with two attached hydrogens (primary N) is 1. The molecule has 0 saturated heterocycles. The van der Waals surface area contributed by atoms with E-state index in [9.17, 15) is 9.50 Å². The number of aryl methyl sites for hydroxylation is 1. The van der Waals surface area contributed by atoms with Gasteiger partial charge in [0.1, 0.15) is 5.82 Å². The van der Waals surface area contributed by atoms with Crippen molar-refractivity contribution in [3.8, 4) is 0 Å². The van der Waals surface area contributed by atoms with Crippen LogP contribution in [-0.4, -0.2) is 42.3 Å². The van der Waals surface area contributed by atoms with E-state index >= 15 is 0 Å². The molecule has 0 spiro atoms. The molecule has 3 nitrogen and oxygen atoms in total. The zero-order chi connectivity index (χ0) is 13.5. The summed E-state index contributed by atoms with van der Waals surface area (Å²) in [5.41, 5.74) is 6.74. The molecule has 1 aromatic carbocycles. The molecule has 0 aliphatic heterocycles. The maximum atomic E-state index is 12.7. The number of nitrogens with zero attached hydrogens (tertiary/aromatic N) is 1. The van der Waals surface area contributed by atoms with Gasteiger partial charge in [-0.25, -0.2) is 4.39 Å².